The number of carbonyl (C=O) groups is 3. The fourth-order valence-electron chi connectivity index (χ4n) is 3.39. The van der Waals surface area contributed by atoms with Gasteiger partial charge in [-0.1, -0.05) is 36.4 Å². The molecule has 8 nitrogen and oxygen atoms in total. The fourth-order valence-corrected chi connectivity index (χ4v) is 4.46. The summed E-state index contributed by atoms with van der Waals surface area (Å²) in [5.41, 5.74) is 3.07. The Morgan fingerprint density at radius 3 is 2.58 bits per heavy atom. The number of benzene rings is 2. The molecule has 1 unspecified atom stereocenters. The number of nitrogens with one attached hydrogen (secondary N) is 1. The predicted molar refractivity (Wildman–Crippen MR) is 113 cm³/mol. The number of fused-ring (bicyclic) bond motifs is 3. The van der Waals surface area contributed by atoms with Crippen LogP contribution in [0.1, 0.15) is 16.1 Å². The van der Waals surface area contributed by atoms with Gasteiger partial charge in [0.15, 0.2) is 5.92 Å². The molecule has 0 bridgehead atoms. The second-order valence-corrected chi connectivity index (χ2v) is 7.76. The molecule has 2 heterocycles. The van der Waals surface area contributed by atoms with E-state index in [1.807, 2.05) is 54.6 Å². The van der Waals surface area contributed by atoms with Crippen molar-refractivity contribution in [2.75, 3.05) is 6.54 Å². The highest BCUT2D eigenvalue weighted by molar-refractivity contribution is 7.98. The van der Waals surface area contributed by atoms with Crippen LogP contribution >= 0.6 is 11.8 Å². The molecule has 0 spiro atoms. The van der Waals surface area contributed by atoms with Crippen molar-refractivity contribution in [3.63, 3.8) is 0 Å². The Bertz CT molecular complexity index is 1230. The van der Waals surface area contributed by atoms with Crippen molar-refractivity contribution >= 4 is 29.4 Å². The van der Waals surface area contributed by atoms with Crippen LogP contribution in [0.2, 0.25) is 0 Å². The Kier molecular flexibility index (Phi) is 5.56. The zero-order chi connectivity index (χ0) is 22.0. The lowest BCUT2D eigenvalue weighted by Crippen LogP contribution is -2.37. The number of thioether (sulfide) groups is 1. The maximum atomic E-state index is 13.2. The first-order valence-electron chi connectivity index (χ1n) is 9.34. The van der Waals surface area contributed by atoms with E-state index >= 15 is 0 Å². The van der Waals surface area contributed by atoms with Gasteiger partial charge in [-0.25, -0.2) is 4.68 Å². The lowest BCUT2D eigenvalue weighted by atomic mass is 9.97. The third kappa shape index (κ3) is 3.81. The van der Waals surface area contributed by atoms with Crippen LogP contribution in [0.15, 0.2) is 59.5 Å². The van der Waals surface area contributed by atoms with Gasteiger partial charge in [-0.2, -0.15) is 10.4 Å². The number of aliphatic carboxylic acids is 1. The first-order chi connectivity index (χ1) is 15.0. The molecule has 1 atom stereocenters. The molecular weight excluding hydrogens is 416 g/mol. The van der Waals surface area contributed by atoms with Crippen molar-refractivity contribution in [3.8, 4) is 23.0 Å². The number of hydrogen-bond acceptors (Lipinski definition) is 6. The summed E-state index contributed by atoms with van der Waals surface area (Å²) in [6.45, 7) is -0.677. The van der Waals surface area contributed by atoms with E-state index in [9.17, 15) is 19.6 Å². The minimum Gasteiger partial charge on any atom is -0.480 e. The molecule has 1 aliphatic heterocycles. The predicted octanol–water partition coefficient (Wildman–Crippen LogP) is 2.67. The van der Waals surface area contributed by atoms with Gasteiger partial charge >= 0.3 is 5.97 Å². The van der Waals surface area contributed by atoms with E-state index < -0.39 is 30.1 Å². The molecule has 3 aromatic rings. The maximum absolute atomic E-state index is 13.2. The number of amides is 1. The number of ketones is 1. The molecule has 0 aliphatic carbocycles. The van der Waals surface area contributed by atoms with Crippen LogP contribution in [0.3, 0.4) is 0 Å². The van der Waals surface area contributed by atoms with Crippen LogP contribution in [0, 0.1) is 17.2 Å². The summed E-state index contributed by atoms with van der Waals surface area (Å²) >= 11 is 1.55. The maximum Gasteiger partial charge on any atom is 0.322 e. The SMILES string of the molecule is N#CC(C(=O)NCC(=O)O)C(=O)c1nn(-c2ccccc2)c2c1CSc1ccccc1-2. The Labute approximate surface area is 181 Å². The van der Waals surface area contributed by atoms with Crippen molar-refractivity contribution < 1.29 is 19.5 Å². The number of rotatable bonds is 6. The molecule has 4 rings (SSSR count). The number of carboxylic acids is 1. The molecule has 31 heavy (non-hydrogen) atoms. The summed E-state index contributed by atoms with van der Waals surface area (Å²) in [5.74, 6) is -4.21. The van der Waals surface area contributed by atoms with Crippen LogP contribution in [0.25, 0.3) is 16.9 Å². The van der Waals surface area contributed by atoms with Gasteiger partial charge in [0.2, 0.25) is 11.7 Å². The molecule has 0 radical (unpaired) electrons. The lowest BCUT2D eigenvalue weighted by Gasteiger charge is -2.18. The van der Waals surface area contributed by atoms with Gasteiger partial charge in [-0.05, 0) is 18.2 Å². The van der Waals surface area contributed by atoms with E-state index in [-0.39, 0.29) is 5.69 Å². The summed E-state index contributed by atoms with van der Waals surface area (Å²) in [6, 6.07) is 18.7. The molecule has 1 aliphatic rings. The van der Waals surface area contributed by atoms with Crippen LogP contribution in [-0.4, -0.2) is 39.1 Å². The highest BCUT2D eigenvalue weighted by Gasteiger charge is 2.35. The summed E-state index contributed by atoms with van der Waals surface area (Å²) in [7, 11) is 0. The van der Waals surface area contributed by atoms with Crippen LogP contribution < -0.4 is 5.32 Å². The highest BCUT2D eigenvalue weighted by atomic mass is 32.2. The molecule has 1 amide bonds. The van der Waals surface area contributed by atoms with Gasteiger partial charge < -0.3 is 10.4 Å². The number of Topliss-reactive ketones (excluding diaryl/α,β-unsaturated/α-hetero) is 1. The van der Waals surface area contributed by atoms with Gasteiger partial charge in [0.1, 0.15) is 12.2 Å². The second-order valence-electron chi connectivity index (χ2n) is 6.75. The highest BCUT2D eigenvalue weighted by Crippen LogP contribution is 2.43. The molecule has 2 aromatic carbocycles. The van der Waals surface area contributed by atoms with E-state index in [1.54, 1.807) is 22.5 Å². The third-order valence-corrected chi connectivity index (χ3v) is 5.90. The number of para-hydroxylation sites is 1. The zero-order valence-electron chi connectivity index (χ0n) is 16.1. The number of carboxylic acid groups (broad SMARTS) is 1. The number of aromatic nitrogens is 2. The Hall–Kier alpha value is -3.90. The average Bonchev–Trinajstić information content (AvgIpc) is 3.19. The van der Waals surface area contributed by atoms with Gasteiger partial charge in [0, 0.05) is 21.8 Å². The van der Waals surface area contributed by atoms with E-state index in [0.29, 0.717) is 11.3 Å². The van der Waals surface area contributed by atoms with Crippen molar-refractivity contribution in [3.05, 3.63) is 65.9 Å². The largest absolute Gasteiger partial charge is 0.480 e. The van der Waals surface area contributed by atoms with Gasteiger partial charge in [0.05, 0.1) is 17.5 Å². The van der Waals surface area contributed by atoms with Crippen molar-refractivity contribution in [1.29, 1.82) is 5.26 Å². The number of hydrogen-bond donors (Lipinski definition) is 2. The Morgan fingerprint density at radius 1 is 1.16 bits per heavy atom. The first kappa shape index (κ1) is 20.4. The molecule has 2 N–H and O–H groups in total. The number of nitrogens with zero attached hydrogens (tertiary/aromatic N) is 3. The number of carbonyl (C=O) groups excluding carboxylic acids is 2. The smallest absolute Gasteiger partial charge is 0.322 e. The molecular formula is C22H16N4O4S. The first-order valence-corrected chi connectivity index (χ1v) is 10.3. The van der Waals surface area contributed by atoms with Crippen molar-refractivity contribution in [2.45, 2.75) is 10.6 Å². The average molecular weight is 432 g/mol. The molecule has 154 valence electrons. The fraction of sp³-hybridized carbons (Fsp3) is 0.136. The van der Waals surface area contributed by atoms with Gasteiger partial charge in [-0.15, -0.1) is 11.8 Å². The second kappa shape index (κ2) is 8.45. The lowest BCUT2D eigenvalue weighted by molar-refractivity contribution is -0.138. The van der Waals surface area contributed by atoms with Crippen molar-refractivity contribution in [2.24, 2.45) is 5.92 Å². The monoisotopic (exact) mass is 432 g/mol. The van der Waals surface area contributed by atoms with Gasteiger partial charge in [-0.3, -0.25) is 14.4 Å². The van der Waals surface area contributed by atoms with E-state index in [4.69, 9.17) is 5.11 Å². The number of nitriles is 1. The van der Waals surface area contributed by atoms with E-state index in [1.165, 1.54) is 0 Å². The van der Waals surface area contributed by atoms with E-state index in [2.05, 4.69) is 10.4 Å². The van der Waals surface area contributed by atoms with E-state index in [0.717, 1.165) is 21.8 Å². The molecule has 0 fully saturated rings. The third-order valence-electron chi connectivity index (χ3n) is 4.80. The molecule has 9 heteroatoms. The summed E-state index contributed by atoms with van der Waals surface area (Å²) < 4.78 is 1.66. The topological polar surface area (TPSA) is 125 Å². The Morgan fingerprint density at radius 2 is 1.87 bits per heavy atom. The standard InChI is InChI=1S/C22H16N4O4S/c23-10-15(22(30)24-11-18(27)28)21(29)19-16-12-31-17-9-5-4-8-14(17)20(16)26(25-19)13-6-2-1-3-7-13/h1-9,15H,11-12H2,(H,24,30)(H,27,28). The normalized spacial score (nSPS) is 12.7. The van der Waals surface area contributed by atoms with Gasteiger partial charge in [0.25, 0.3) is 0 Å². The summed E-state index contributed by atoms with van der Waals surface area (Å²) in [6.07, 6.45) is 0. The van der Waals surface area contributed by atoms with Crippen molar-refractivity contribution in [1.82, 2.24) is 15.1 Å². The summed E-state index contributed by atoms with van der Waals surface area (Å²) in [5, 5.41) is 24.8. The Balaban J connectivity index is 1.82. The molecule has 0 saturated heterocycles. The van der Waals surface area contributed by atoms with Crippen LogP contribution in [0.4, 0.5) is 0 Å². The molecule has 0 saturated carbocycles. The minimum atomic E-state index is -1.69. The summed E-state index contributed by atoms with van der Waals surface area (Å²) in [4.78, 5) is 37.2. The molecule has 1 aromatic heterocycles. The zero-order valence-corrected chi connectivity index (χ0v) is 16.9. The van der Waals surface area contributed by atoms with Crippen LogP contribution in [0.5, 0.6) is 0 Å². The quantitative estimate of drug-likeness (QED) is 0.453. The van der Waals surface area contributed by atoms with Crippen LogP contribution in [-0.2, 0) is 15.3 Å². The minimum absolute atomic E-state index is 0.0397.